The molecule has 4 nitrogen and oxygen atoms in total. The van der Waals surface area contributed by atoms with E-state index in [1.54, 1.807) is 6.07 Å². The van der Waals surface area contributed by atoms with Crippen LogP contribution in [0.4, 0.5) is 4.39 Å². The number of benzene rings is 3. The minimum Gasteiger partial charge on any atom is -0.494 e. The molecule has 0 aliphatic carbocycles. The lowest BCUT2D eigenvalue weighted by Crippen LogP contribution is -2.40. The van der Waals surface area contributed by atoms with Crippen LogP contribution < -0.4 is 10.1 Å². The van der Waals surface area contributed by atoms with E-state index in [0.717, 1.165) is 37.2 Å². The van der Waals surface area contributed by atoms with Crippen LogP contribution in [0.3, 0.4) is 0 Å². The first-order chi connectivity index (χ1) is 16.3. The Morgan fingerprint density at radius 1 is 0.853 bits per heavy atom. The van der Waals surface area contributed by atoms with E-state index in [2.05, 4.69) is 29.6 Å². The van der Waals surface area contributed by atoms with Crippen molar-refractivity contribution in [2.75, 3.05) is 26.3 Å². The van der Waals surface area contributed by atoms with Gasteiger partial charge in [-0.2, -0.15) is 0 Å². The zero-order valence-electron chi connectivity index (χ0n) is 19.3. The van der Waals surface area contributed by atoms with Gasteiger partial charge in [0.05, 0.1) is 32.5 Å². The number of ether oxygens (including phenoxy) is 3. The molecule has 0 amide bonds. The molecule has 0 radical (unpaired) electrons. The van der Waals surface area contributed by atoms with E-state index in [4.69, 9.17) is 14.2 Å². The van der Waals surface area contributed by atoms with Gasteiger partial charge in [-0.1, -0.05) is 54.6 Å². The molecule has 4 rings (SSSR count). The molecule has 0 aromatic heterocycles. The maximum absolute atomic E-state index is 13.4. The number of rotatable bonds is 11. The van der Waals surface area contributed by atoms with Crippen molar-refractivity contribution in [3.8, 4) is 5.75 Å². The Labute approximate surface area is 207 Å². The topological polar surface area (TPSA) is 39.7 Å². The number of hydrogen-bond donors (Lipinski definition) is 1. The molecular formula is C28H33ClFNO3. The fourth-order valence-corrected chi connectivity index (χ4v) is 4.14. The fraction of sp³-hybridized carbons (Fsp3) is 0.357. The highest BCUT2D eigenvalue weighted by Gasteiger charge is 2.27. The van der Waals surface area contributed by atoms with Gasteiger partial charge in [-0.3, -0.25) is 0 Å². The van der Waals surface area contributed by atoms with E-state index in [0.29, 0.717) is 32.3 Å². The normalized spacial score (nSPS) is 17.7. The molecule has 3 aromatic rings. The van der Waals surface area contributed by atoms with Gasteiger partial charge in [-0.05, 0) is 53.9 Å². The molecular weight excluding hydrogens is 453 g/mol. The van der Waals surface area contributed by atoms with Crippen molar-refractivity contribution in [1.29, 1.82) is 0 Å². The van der Waals surface area contributed by atoms with Crippen molar-refractivity contribution in [1.82, 2.24) is 5.32 Å². The Kier molecular flexibility index (Phi) is 10.8. The second kappa shape index (κ2) is 14.1. The molecule has 0 spiro atoms. The Balaban J connectivity index is 0.00000324. The molecule has 6 heteroatoms. The first-order valence-electron chi connectivity index (χ1n) is 11.7. The van der Waals surface area contributed by atoms with Crippen molar-refractivity contribution < 1.29 is 18.6 Å². The third-order valence-electron chi connectivity index (χ3n) is 5.90. The first-order valence-corrected chi connectivity index (χ1v) is 11.7. The van der Waals surface area contributed by atoms with Gasteiger partial charge in [-0.25, -0.2) is 4.39 Å². The monoisotopic (exact) mass is 485 g/mol. The molecule has 182 valence electrons. The van der Waals surface area contributed by atoms with Crippen molar-refractivity contribution >= 4 is 12.4 Å². The molecule has 2 atom stereocenters. The summed E-state index contributed by atoms with van der Waals surface area (Å²) in [6.45, 7) is 4.10. The lowest BCUT2D eigenvalue weighted by atomic mass is 9.87. The molecule has 2 unspecified atom stereocenters. The molecule has 1 aliphatic heterocycles. The Morgan fingerprint density at radius 3 is 2.44 bits per heavy atom. The van der Waals surface area contributed by atoms with Crippen LogP contribution in [0.2, 0.25) is 0 Å². The van der Waals surface area contributed by atoms with E-state index in [9.17, 15) is 4.39 Å². The Morgan fingerprint density at radius 2 is 1.65 bits per heavy atom. The van der Waals surface area contributed by atoms with Crippen LogP contribution in [0.1, 0.15) is 35.4 Å². The molecule has 34 heavy (non-hydrogen) atoms. The predicted molar refractivity (Wildman–Crippen MR) is 135 cm³/mol. The van der Waals surface area contributed by atoms with Crippen LogP contribution in [-0.2, 0) is 22.7 Å². The van der Waals surface area contributed by atoms with Crippen LogP contribution in [0.15, 0.2) is 78.9 Å². The smallest absolute Gasteiger partial charge is 0.123 e. The van der Waals surface area contributed by atoms with Crippen molar-refractivity contribution in [2.24, 2.45) is 0 Å². The predicted octanol–water partition coefficient (Wildman–Crippen LogP) is 5.90. The first kappa shape index (κ1) is 26.2. The number of hydrogen-bond acceptors (Lipinski definition) is 4. The highest BCUT2D eigenvalue weighted by molar-refractivity contribution is 5.85. The average molecular weight is 486 g/mol. The molecule has 1 saturated heterocycles. The molecule has 0 bridgehead atoms. The summed E-state index contributed by atoms with van der Waals surface area (Å²) in [5.74, 6) is 0.945. The number of piperidine rings is 1. The highest BCUT2D eigenvalue weighted by Crippen LogP contribution is 2.29. The van der Waals surface area contributed by atoms with Gasteiger partial charge in [0.25, 0.3) is 0 Å². The zero-order chi connectivity index (χ0) is 22.7. The van der Waals surface area contributed by atoms with E-state index in [-0.39, 0.29) is 24.3 Å². The van der Waals surface area contributed by atoms with Crippen molar-refractivity contribution in [3.63, 3.8) is 0 Å². The maximum atomic E-state index is 13.4. The summed E-state index contributed by atoms with van der Waals surface area (Å²) in [7, 11) is 0. The number of halogens is 2. The molecule has 1 heterocycles. The lowest BCUT2D eigenvalue weighted by molar-refractivity contribution is 0.0105. The molecule has 1 N–H and O–H groups in total. The minimum atomic E-state index is -0.229. The largest absolute Gasteiger partial charge is 0.494 e. The second-order valence-electron chi connectivity index (χ2n) is 8.39. The summed E-state index contributed by atoms with van der Waals surface area (Å²) in [5, 5.41) is 3.41. The minimum absolute atomic E-state index is 0. The van der Waals surface area contributed by atoms with Crippen LogP contribution in [0.25, 0.3) is 0 Å². The van der Waals surface area contributed by atoms with Gasteiger partial charge in [-0.15, -0.1) is 12.4 Å². The standard InChI is InChI=1S/C28H32FNO3.ClH/c29-25-9-4-8-23(18-25)21-33-28-19-30-15-14-27(28)24-10-12-26(13-11-24)32-17-5-16-31-20-22-6-2-1-3-7-22;/h1-4,6-13,18,27-28,30H,5,14-17,19-21H2;1H. The average Bonchev–Trinajstić information content (AvgIpc) is 2.86. The summed E-state index contributed by atoms with van der Waals surface area (Å²) in [4.78, 5) is 0. The quantitative estimate of drug-likeness (QED) is 0.343. The molecule has 3 aromatic carbocycles. The van der Waals surface area contributed by atoms with Crippen molar-refractivity contribution in [2.45, 2.75) is 38.1 Å². The summed E-state index contributed by atoms with van der Waals surface area (Å²) in [6, 6.07) is 25.1. The number of nitrogens with one attached hydrogen (secondary N) is 1. The summed E-state index contributed by atoms with van der Waals surface area (Å²) in [5.41, 5.74) is 3.29. The third kappa shape index (κ3) is 8.10. The highest BCUT2D eigenvalue weighted by atomic mass is 35.5. The van der Waals surface area contributed by atoms with Gasteiger partial charge in [0, 0.05) is 18.9 Å². The van der Waals surface area contributed by atoms with Crippen molar-refractivity contribution in [3.05, 3.63) is 101 Å². The Bertz CT molecular complexity index is 971. The molecule has 1 fully saturated rings. The van der Waals surface area contributed by atoms with E-state index in [1.807, 2.05) is 36.4 Å². The molecule has 0 saturated carbocycles. The summed E-state index contributed by atoms with van der Waals surface area (Å²) < 4.78 is 31.2. The zero-order valence-corrected chi connectivity index (χ0v) is 20.1. The Hall–Kier alpha value is -2.44. The van der Waals surface area contributed by atoms with E-state index in [1.165, 1.54) is 23.3 Å². The van der Waals surface area contributed by atoms with Gasteiger partial charge in [0.15, 0.2) is 0 Å². The molecule has 1 aliphatic rings. The van der Waals surface area contributed by atoms with Crippen LogP contribution in [0.5, 0.6) is 5.75 Å². The fourth-order valence-electron chi connectivity index (χ4n) is 4.14. The van der Waals surface area contributed by atoms with Gasteiger partial charge in [0.2, 0.25) is 0 Å². The summed E-state index contributed by atoms with van der Waals surface area (Å²) in [6.07, 6.45) is 1.90. The summed E-state index contributed by atoms with van der Waals surface area (Å²) >= 11 is 0. The van der Waals surface area contributed by atoms with Gasteiger partial charge in [0.1, 0.15) is 11.6 Å². The second-order valence-corrected chi connectivity index (χ2v) is 8.39. The van der Waals surface area contributed by atoms with Gasteiger partial charge >= 0.3 is 0 Å². The SMILES string of the molecule is Cl.Fc1cccc(COC2CNCCC2c2ccc(OCCCOCc3ccccc3)cc2)c1. The van der Waals surface area contributed by atoms with E-state index < -0.39 is 0 Å². The van der Waals surface area contributed by atoms with Crippen LogP contribution in [0, 0.1) is 5.82 Å². The van der Waals surface area contributed by atoms with Crippen LogP contribution >= 0.6 is 12.4 Å². The maximum Gasteiger partial charge on any atom is 0.123 e. The lowest BCUT2D eigenvalue weighted by Gasteiger charge is -2.32. The van der Waals surface area contributed by atoms with Gasteiger partial charge < -0.3 is 19.5 Å². The van der Waals surface area contributed by atoms with Crippen LogP contribution in [-0.4, -0.2) is 32.4 Å². The van der Waals surface area contributed by atoms with E-state index >= 15 is 0 Å². The third-order valence-corrected chi connectivity index (χ3v) is 5.90.